The summed E-state index contributed by atoms with van der Waals surface area (Å²) in [7, 11) is 0. The van der Waals surface area contributed by atoms with Gasteiger partial charge < -0.3 is 9.52 Å². The highest BCUT2D eigenvalue weighted by atomic mass is 16.4. The van der Waals surface area contributed by atoms with Gasteiger partial charge in [0.25, 0.3) is 5.56 Å². The second kappa shape index (κ2) is 3.59. The number of pyridine rings is 1. The van der Waals surface area contributed by atoms with Gasteiger partial charge in [-0.3, -0.25) is 15.0 Å². The van der Waals surface area contributed by atoms with Crippen LogP contribution in [0.3, 0.4) is 0 Å². The minimum absolute atomic E-state index is 0.0257. The fourth-order valence-electron chi connectivity index (χ4n) is 1.76. The number of hydrogen-bond donors (Lipinski definition) is 3. The molecule has 0 bridgehead atoms. The van der Waals surface area contributed by atoms with Crippen LogP contribution in [0.15, 0.2) is 33.7 Å². The Kier molecular flexibility index (Phi) is 2.06. The number of carboxylic acid groups (broad SMARTS) is 1. The fourth-order valence-corrected chi connectivity index (χ4v) is 1.76. The van der Waals surface area contributed by atoms with Crippen molar-refractivity contribution in [2.75, 3.05) is 0 Å². The second-order valence-electron chi connectivity index (χ2n) is 3.64. The number of furan rings is 1. The van der Waals surface area contributed by atoms with Crippen molar-refractivity contribution in [2.24, 2.45) is 0 Å². The van der Waals surface area contributed by atoms with E-state index in [1.165, 1.54) is 12.3 Å². The van der Waals surface area contributed by atoms with E-state index in [2.05, 4.69) is 15.2 Å². The second-order valence-corrected chi connectivity index (χ2v) is 3.64. The molecule has 0 fully saturated rings. The van der Waals surface area contributed by atoms with Crippen LogP contribution in [-0.4, -0.2) is 26.3 Å². The molecule has 0 aromatic carbocycles. The first-order chi connectivity index (χ1) is 8.66. The maximum atomic E-state index is 11.5. The van der Waals surface area contributed by atoms with E-state index in [-0.39, 0.29) is 16.6 Å². The molecule has 7 heteroatoms. The minimum atomic E-state index is -1.19. The van der Waals surface area contributed by atoms with Crippen LogP contribution in [0.1, 0.15) is 10.4 Å². The molecule has 18 heavy (non-hydrogen) atoms. The summed E-state index contributed by atoms with van der Waals surface area (Å²) < 4.78 is 5.15. The van der Waals surface area contributed by atoms with Gasteiger partial charge in [0, 0.05) is 0 Å². The van der Waals surface area contributed by atoms with Crippen molar-refractivity contribution in [3.8, 4) is 11.5 Å². The van der Waals surface area contributed by atoms with E-state index in [9.17, 15) is 9.59 Å². The molecular weight excluding hydrogens is 238 g/mol. The number of aromatic carboxylic acids is 1. The average Bonchev–Trinajstić information content (AvgIpc) is 2.98. The van der Waals surface area contributed by atoms with Crippen molar-refractivity contribution in [1.82, 2.24) is 15.2 Å². The molecule has 0 amide bonds. The lowest BCUT2D eigenvalue weighted by atomic mass is 10.1. The number of H-pyrrole nitrogens is 2. The molecule has 3 rings (SSSR count). The molecule has 0 aliphatic rings. The molecule has 0 saturated heterocycles. The quantitative estimate of drug-likeness (QED) is 0.628. The maximum absolute atomic E-state index is 11.5. The highest BCUT2D eigenvalue weighted by Gasteiger charge is 2.17. The topological polar surface area (TPSA) is 112 Å². The maximum Gasteiger partial charge on any atom is 0.336 e. The lowest BCUT2D eigenvalue weighted by molar-refractivity contribution is 0.0699. The number of carboxylic acids is 1. The largest absolute Gasteiger partial charge is 0.478 e. The molecule has 7 nitrogen and oxygen atoms in total. The summed E-state index contributed by atoms with van der Waals surface area (Å²) in [5, 5.41) is 14.0. The number of fused-ring (bicyclic) bond motifs is 1. The first-order valence-electron chi connectivity index (χ1n) is 5.05. The lowest BCUT2D eigenvalue weighted by Gasteiger charge is -2.00. The number of hydrogen-bond acceptors (Lipinski definition) is 4. The monoisotopic (exact) mass is 245 g/mol. The molecule has 3 heterocycles. The third-order valence-electron chi connectivity index (χ3n) is 2.54. The summed E-state index contributed by atoms with van der Waals surface area (Å²) in [5.74, 6) is -0.762. The van der Waals surface area contributed by atoms with E-state index in [0.29, 0.717) is 11.5 Å². The number of rotatable bonds is 2. The molecule has 0 atom stereocenters. The van der Waals surface area contributed by atoms with Crippen molar-refractivity contribution in [2.45, 2.75) is 0 Å². The van der Waals surface area contributed by atoms with E-state index < -0.39 is 11.5 Å². The fraction of sp³-hybridized carbons (Fsp3) is 0. The molecule has 0 aliphatic heterocycles. The van der Waals surface area contributed by atoms with Crippen LogP contribution in [0.2, 0.25) is 0 Å². The Bertz CT molecular complexity index is 782. The Morgan fingerprint density at radius 1 is 1.39 bits per heavy atom. The van der Waals surface area contributed by atoms with Crippen molar-refractivity contribution >= 4 is 17.0 Å². The third kappa shape index (κ3) is 1.41. The Morgan fingerprint density at radius 2 is 2.22 bits per heavy atom. The van der Waals surface area contributed by atoms with Gasteiger partial charge >= 0.3 is 5.97 Å². The predicted molar refractivity (Wildman–Crippen MR) is 61.4 cm³/mol. The molecule has 0 saturated carbocycles. The Hall–Kier alpha value is -2.83. The zero-order valence-corrected chi connectivity index (χ0v) is 8.93. The summed E-state index contributed by atoms with van der Waals surface area (Å²) in [5.41, 5.74) is -0.0961. The van der Waals surface area contributed by atoms with Crippen molar-refractivity contribution in [3.05, 3.63) is 40.4 Å². The van der Waals surface area contributed by atoms with Crippen LogP contribution < -0.4 is 5.56 Å². The summed E-state index contributed by atoms with van der Waals surface area (Å²) >= 11 is 0. The number of nitrogens with one attached hydrogen (secondary N) is 2. The van der Waals surface area contributed by atoms with Gasteiger partial charge in [-0.2, -0.15) is 0 Å². The standard InChI is InChI=1S/C11H7N3O4/c15-10-8-5(11(16)17)4-6(7-2-1-3-18-7)12-9(8)13-14-10/h1-4H,(H,16,17)(H2,12,13,14,15). The molecule has 3 N–H and O–H groups in total. The molecule has 0 aliphatic carbocycles. The van der Waals surface area contributed by atoms with Gasteiger partial charge in [-0.1, -0.05) is 0 Å². The summed E-state index contributed by atoms with van der Waals surface area (Å²) in [6.07, 6.45) is 1.46. The molecule has 3 aromatic rings. The molecular formula is C11H7N3O4. The molecule has 90 valence electrons. The van der Waals surface area contributed by atoms with Crippen molar-refractivity contribution in [3.63, 3.8) is 0 Å². The number of aromatic nitrogens is 3. The van der Waals surface area contributed by atoms with Crippen LogP contribution in [0.4, 0.5) is 0 Å². The summed E-state index contributed by atoms with van der Waals surface area (Å²) in [6, 6.07) is 4.64. The van der Waals surface area contributed by atoms with Crippen LogP contribution in [0.5, 0.6) is 0 Å². The van der Waals surface area contributed by atoms with Crippen LogP contribution in [0.25, 0.3) is 22.5 Å². The lowest BCUT2D eigenvalue weighted by Crippen LogP contribution is -2.06. The zero-order valence-electron chi connectivity index (χ0n) is 8.93. The normalized spacial score (nSPS) is 10.9. The molecule has 0 unspecified atom stereocenters. The van der Waals surface area contributed by atoms with Crippen LogP contribution in [0, 0.1) is 0 Å². The van der Waals surface area contributed by atoms with E-state index in [1.54, 1.807) is 12.1 Å². The van der Waals surface area contributed by atoms with Gasteiger partial charge in [-0.25, -0.2) is 9.78 Å². The van der Waals surface area contributed by atoms with Crippen molar-refractivity contribution < 1.29 is 14.3 Å². The van der Waals surface area contributed by atoms with Gasteiger partial charge in [0.2, 0.25) is 0 Å². The molecule has 0 radical (unpaired) electrons. The summed E-state index contributed by atoms with van der Waals surface area (Å²) in [4.78, 5) is 26.8. The molecule has 0 spiro atoms. The smallest absolute Gasteiger partial charge is 0.336 e. The SMILES string of the molecule is O=C(O)c1cc(-c2ccco2)nc2[nH][nH]c(=O)c12. The van der Waals surface area contributed by atoms with Gasteiger partial charge in [0.1, 0.15) is 5.69 Å². The van der Waals surface area contributed by atoms with E-state index >= 15 is 0 Å². The third-order valence-corrected chi connectivity index (χ3v) is 2.54. The Labute approximate surface area is 99.1 Å². The first kappa shape index (κ1) is 10.3. The predicted octanol–water partition coefficient (Wildman–Crippen LogP) is 1.21. The van der Waals surface area contributed by atoms with Gasteiger partial charge in [-0.05, 0) is 18.2 Å². The number of nitrogens with zero attached hydrogens (tertiary/aromatic N) is 1. The highest BCUT2D eigenvalue weighted by molar-refractivity contribution is 6.02. The van der Waals surface area contributed by atoms with Crippen LogP contribution >= 0.6 is 0 Å². The number of carbonyl (C=O) groups is 1. The number of aromatic amines is 2. The van der Waals surface area contributed by atoms with Gasteiger partial charge in [-0.15, -0.1) is 0 Å². The average molecular weight is 245 g/mol. The Morgan fingerprint density at radius 3 is 2.89 bits per heavy atom. The van der Waals surface area contributed by atoms with E-state index in [0.717, 1.165) is 0 Å². The molecule has 3 aromatic heterocycles. The van der Waals surface area contributed by atoms with Gasteiger partial charge in [0.05, 0.1) is 17.2 Å². The minimum Gasteiger partial charge on any atom is -0.478 e. The zero-order chi connectivity index (χ0) is 12.7. The van der Waals surface area contributed by atoms with E-state index in [4.69, 9.17) is 9.52 Å². The van der Waals surface area contributed by atoms with Crippen LogP contribution in [-0.2, 0) is 0 Å². The van der Waals surface area contributed by atoms with Crippen molar-refractivity contribution in [1.29, 1.82) is 0 Å². The highest BCUT2D eigenvalue weighted by Crippen LogP contribution is 2.22. The first-order valence-corrected chi connectivity index (χ1v) is 5.05. The van der Waals surface area contributed by atoms with E-state index in [1.807, 2.05) is 0 Å². The summed E-state index contributed by atoms with van der Waals surface area (Å²) in [6.45, 7) is 0. The Balaban J connectivity index is 2.38. The van der Waals surface area contributed by atoms with Gasteiger partial charge in [0.15, 0.2) is 11.4 Å².